The third kappa shape index (κ3) is 3.16. The van der Waals surface area contributed by atoms with Gasteiger partial charge in [0.2, 0.25) is 0 Å². The Morgan fingerprint density at radius 1 is 1.26 bits per heavy atom. The molecule has 1 aromatic rings. The highest BCUT2D eigenvalue weighted by molar-refractivity contribution is 4.99. The van der Waals surface area contributed by atoms with Crippen LogP contribution in [0.4, 0.5) is 0 Å². The topological polar surface area (TPSA) is 34.0 Å². The first-order valence-electron chi connectivity index (χ1n) is 7.86. The van der Waals surface area contributed by atoms with Crippen LogP contribution < -0.4 is 0 Å². The number of aromatic nitrogens is 3. The Morgan fingerprint density at radius 2 is 2.11 bits per heavy atom. The molecule has 1 atom stereocenters. The van der Waals surface area contributed by atoms with E-state index in [-0.39, 0.29) is 0 Å². The number of hydrogen-bond acceptors (Lipinski definition) is 3. The van der Waals surface area contributed by atoms with Gasteiger partial charge in [0.1, 0.15) is 12.2 Å². The SMILES string of the molecule is CC(C)CN1CCCC[C@H]1c1nncn1CC1CC1. The second-order valence-electron chi connectivity index (χ2n) is 6.69. The second kappa shape index (κ2) is 5.61. The third-order valence-electron chi connectivity index (χ3n) is 4.31. The van der Waals surface area contributed by atoms with Gasteiger partial charge >= 0.3 is 0 Å². The molecule has 0 N–H and O–H groups in total. The van der Waals surface area contributed by atoms with Crippen LogP contribution in [0.2, 0.25) is 0 Å². The molecule has 106 valence electrons. The first kappa shape index (κ1) is 13.1. The van der Waals surface area contributed by atoms with Gasteiger partial charge in [0, 0.05) is 13.1 Å². The maximum atomic E-state index is 4.45. The number of rotatable bonds is 5. The highest BCUT2D eigenvalue weighted by Gasteiger charge is 2.30. The first-order chi connectivity index (χ1) is 9.24. The van der Waals surface area contributed by atoms with Crippen LogP contribution in [0.25, 0.3) is 0 Å². The molecule has 0 spiro atoms. The molecule has 1 aliphatic heterocycles. The van der Waals surface area contributed by atoms with Crippen molar-refractivity contribution in [2.75, 3.05) is 13.1 Å². The van der Waals surface area contributed by atoms with Crippen molar-refractivity contribution in [1.82, 2.24) is 19.7 Å². The summed E-state index contributed by atoms with van der Waals surface area (Å²) in [7, 11) is 0. The van der Waals surface area contributed by atoms with Crippen LogP contribution in [-0.4, -0.2) is 32.8 Å². The van der Waals surface area contributed by atoms with Crippen LogP contribution in [-0.2, 0) is 6.54 Å². The Balaban J connectivity index is 1.75. The minimum Gasteiger partial charge on any atom is -0.316 e. The van der Waals surface area contributed by atoms with Crippen molar-refractivity contribution in [3.05, 3.63) is 12.2 Å². The predicted octanol–water partition coefficient (Wildman–Crippen LogP) is 2.87. The molecule has 1 aliphatic carbocycles. The minimum atomic E-state index is 0.498. The molecule has 4 nitrogen and oxygen atoms in total. The summed E-state index contributed by atoms with van der Waals surface area (Å²) in [6.45, 7) is 8.15. The molecular weight excluding hydrogens is 236 g/mol. The highest BCUT2D eigenvalue weighted by atomic mass is 15.3. The Bertz CT molecular complexity index is 408. The van der Waals surface area contributed by atoms with Gasteiger partial charge in [-0.05, 0) is 44.1 Å². The van der Waals surface area contributed by atoms with Gasteiger partial charge in [-0.15, -0.1) is 10.2 Å². The smallest absolute Gasteiger partial charge is 0.150 e. The van der Waals surface area contributed by atoms with Crippen LogP contribution in [0, 0.1) is 11.8 Å². The molecule has 0 amide bonds. The molecule has 1 saturated heterocycles. The van der Waals surface area contributed by atoms with E-state index in [1.165, 1.54) is 51.0 Å². The van der Waals surface area contributed by atoms with Crippen molar-refractivity contribution >= 4 is 0 Å². The van der Waals surface area contributed by atoms with Gasteiger partial charge in [-0.3, -0.25) is 4.90 Å². The van der Waals surface area contributed by atoms with E-state index in [1.54, 1.807) is 0 Å². The highest BCUT2D eigenvalue weighted by Crippen LogP contribution is 2.34. The zero-order valence-corrected chi connectivity index (χ0v) is 12.3. The Labute approximate surface area is 116 Å². The predicted molar refractivity (Wildman–Crippen MR) is 75.7 cm³/mol. The van der Waals surface area contributed by atoms with Crippen LogP contribution in [0.1, 0.15) is 57.8 Å². The third-order valence-corrected chi connectivity index (χ3v) is 4.31. The van der Waals surface area contributed by atoms with Gasteiger partial charge in [0.05, 0.1) is 6.04 Å². The normalized spacial score (nSPS) is 25.1. The van der Waals surface area contributed by atoms with Crippen molar-refractivity contribution in [2.24, 2.45) is 11.8 Å². The lowest BCUT2D eigenvalue weighted by molar-refractivity contribution is 0.123. The molecule has 4 heteroatoms. The lowest BCUT2D eigenvalue weighted by Gasteiger charge is -2.36. The standard InChI is InChI=1S/C15H26N4/c1-12(2)9-18-8-4-3-5-14(18)15-17-16-11-19(15)10-13-6-7-13/h11-14H,3-10H2,1-2H3/t14-/m0/s1. The van der Waals surface area contributed by atoms with E-state index in [4.69, 9.17) is 0 Å². The molecule has 0 unspecified atom stereocenters. The van der Waals surface area contributed by atoms with Gasteiger partial charge in [-0.25, -0.2) is 0 Å². The quantitative estimate of drug-likeness (QED) is 0.818. The van der Waals surface area contributed by atoms with E-state index in [1.807, 2.05) is 6.33 Å². The van der Waals surface area contributed by atoms with Gasteiger partial charge in [0.15, 0.2) is 0 Å². The second-order valence-corrected chi connectivity index (χ2v) is 6.69. The summed E-state index contributed by atoms with van der Waals surface area (Å²) in [5.74, 6) is 2.82. The summed E-state index contributed by atoms with van der Waals surface area (Å²) in [6.07, 6.45) is 8.62. The van der Waals surface area contributed by atoms with Gasteiger partial charge in [-0.1, -0.05) is 20.3 Å². The monoisotopic (exact) mass is 262 g/mol. The Hall–Kier alpha value is -0.900. The van der Waals surface area contributed by atoms with Crippen molar-refractivity contribution in [2.45, 2.75) is 58.5 Å². The van der Waals surface area contributed by atoms with Crippen LogP contribution in [0.3, 0.4) is 0 Å². The van der Waals surface area contributed by atoms with Crippen LogP contribution in [0.15, 0.2) is 6.33 Å². The maximum absolute atomic E-state index is 4.45. The summed E-state index contributed by atoms with van der Waals surface area (Å²) in [5.41, 5.74) is 0. The summed E-state index contributed by atoms with van der Waals surface area (Å²) in [4.78, 5) is 2.63. The lowest BCUT2D eigenvalue weighted by atomic mass is 10.00. The molecule has 3 rings (SSSR count). The molecule has 0 aromatic carbocycles. The average Bonchev–Trinajstić information content (AvgIpc) is 3.07. The van der Waals surface area contributed by atoms with Gasteiger partial charge in [0.25, 0.3) is 0 Å². The van der Waals surface area contributed by atoms with E-state index >= 15 is 0 Å². The Morgan fingerprint density at radius 3 is 2.84 bits per heavy atom. The first-order valence-corrected chi connectivity index (χ1v) is 7.86. The molecule has 1 saturated carbocycles. The minimum absolute atomic E-state index is 0.498. The fourth-order valence-electron chi connectivity index (χ4n) is 3.21. The van der Waals surface area contributed by atoms with Crippen LogP contribution in [0.5, 0.6) is 0 Å². The zero-order valence-electron chi connectivity index (χ0n) is 12.3. The molecule has 0 bridgehead atoms. The van der Waals surface area contributed by atoms with E-state index in [2.05, 4.69) is 33.5 Å². The zero-order chi connectivity index (χ0) is 13.2. The van der Waals surface area contributed by atoms with E-state index in [0.29, 0.717) is 6.04 Å². The number of nitrogens with zero attached hydrogens (tertiary/aromatic N) is 4. The molecule has 19 heavy (non-hydrogen) atoms. The molecule has 0 radical (unpaired) electrons. The molecule has 2 aliphatic rings. The number of piperidine rings is 1. The van der Waals surface area contributed by atoms with E-state index in [9.17, 15) is 0 Å². The maximum Gasteiger partial charge on any atom is 0.150 e. The summed E-state index contributed by atoms with van der Waals surface area (Å²) >= 11 is 0. The fraction of sp³-hybridized carbons (Fsp3) is 0.867. The van der Waals surface area contributed by atoms with Gasteiger partial charge in [-0.2, -0.15) is 0 Å². The summed E-state index contributed by atoms with van der Waals surface area (Å²) in [5, 5.41) is 8.63. The molecular formula is C15H26N4. The summed E-state index contributed by atoms with van der Waals surface area (Å²) in [6, 6.07) is 0.498. The van der Waals surface area contributed by atoms with Crippen LogP contribution >= 0.6 is 0 Å². The fourth-order valence-corrected chi connectivity index (χ4v) is 3.21. The van der Waals surface area contributed by atoms with E-state index < -0.39 is 0 Å². The van der Waals surface area contributed by atoms with E-state index in [0.717, 1.165) is 18.4 Å². The largest absolute Gasteiger partial charge is 0.316 e. The van der Waals surface area contributed by atoms with Crippen molar-refractivity contribution < 1.29 is 0 Å². The number of likely N-dealkylation sites (tertiary alicyclic amines) is 1. The average molecular weight is 262 g/mol. The van der Waals surface area contributed by atoms with Gasteiger partial charge < -0.3 is 4.57 Å². The van der Waals surface area contributed by atoms with Crippen molar-refractivity contribution in [1.29, 1.82) is 0 Å². The molecule has 1 aromatic heterocycles. The summed E-state index contributed by atoms with van der Waals surface area (Å²) < 4.78 is 2.32. The Kier molecular flexibility index (Phi) is 3.87. The molecule has 2 heterocycles. The lowest BCUT2D eigenvalue weighted by Crippen LogP contribution is -2.37. The van der Waals surface area contributed by atoms with Crippen molar-refractivity contribution in [3.8, 4) is 0 Å². The molecule has 2 fully saturated rings. The van der Waals surface area contributed by atoms with Crippen molar-refractivity contribution in [3.63, 3.8) is 0 Å². The number of hydrogen-bond donors (Lipinski definition) is 0.